The van der Waals surface area contributed by atoms with Crippen molar-refractivity contribution in [1.82, 2.24) is 9.97 Å². The van der Waals surface area contributed by atoms with Crippen molar-refractivity contribution >= 4 is 33.6 Å². The van der Waals surface area contributed by atoms with Crippen LogP contribution in [0.4, 0.5) is 5.69 Å². The number of carbonyl (C=O) groups is 1. The number of rotatable bonds is 1. The van der Waals surface area contributed by atoms with Crippen molar-refractivity contribution in [1.29, 1.82) is 0 Å². The van der Waals surface area contributed by atoms with E-state index in [2.05, 4.69) is 9.97 Å². The molecule has 4 nitrogen and oxygen atoms in total. The number of nitrogens with zero attached hydrogens (tertiary/aromatic N) is 1. The maximum Gasteiger partial charge on any atom is 0.254 e. The van der Waals surface area contributed by atoms with Crippen molar-refractivity contribution in [3.63, 3.8) is 0 Å². The zero-order chi connectivity index (χ0) is 9.42. The van der Waals surface area contributed by atoms with Gasteiger partial charge < -0.3 is 10.7 Å². The zero-order valence-corrected chi connectivity index (χ0v) is 7.30. The minimum atomic E-state index is -0.567. The summed E-state index contributed by atoms with van der Waals surface area (Å²) in [5.41, 5.74) is 7.65. The van der Waals surface area contributed by atoms with Crippen molar-refractivity contribution < 1.29 is 4.79 Å². The Labute approximate surface area is 78.7 Å². The molecule has 0 saturated heterocycles. The number of aromatic amines is 1. The van der Waals surface area contributed by atoms with Gasteiger partial charge in [0.2, 0.25) is 0 Å². The Bertz CT molecular complexity index is 477. The van der Waals surface area contributed by atoms with Gasteiger partial charge in [0.1, 0.15) is 5.52 Å². The monoisotopic (exact) mass is 195 g/mol. The fourth-order valence-corrected chi connectivity index (χ4v) is 1.37. The van der Waals surface area contributed by atoms with E-state index in [-0.39, 0.29) is 0 Å². The van der Waals surface area contributed by atoms with Crippen LogP contribution in [-0.4, -0.2) is 15.2 Å². The molecular formula is C8H6ClN3O. The molecule has 2 rings (SSSR count). The first-order chi connectivity index (χ1) is 6.20. The second kappa shape index (κ2) is 2.74. The van der Waals surface area contributed by atoms with Gasteiger partial charge in [0.15, 0.2) is 0 Å². The molecule has 0 aliphatic heterocycles. The fourth-order valence-electron chi connectivity index (χ4n) is 1.20. The van der Waals surface area contributed by atoms with Gasteiger partial charge in [-0.05, 0) is 23.7 Å². The lowest BCUT2D eigenvalue weighted by Gasteiger charge is -1.99. The van der Waals surface area contributed by atoms with E-state index in [0.717, 1.165) is 5.52 Å². The normalized spacial score (nSPS) is 10.5. The summed E-state index contributed by atoms with van der Waals surface area (Å²) in [5.74, 6) is 0. The first kappa shape index (κ1) is 8.07. The van der Waals surface area contributed by atoms with Crippen molar-refractivity contribution in [2.24, 2.45) is 0 Å². The predicted octanol–water partition coefficient (Wildman–Crippen LogP) is 1.52. The third-order valence-electron chi connectivity index (χ3n) is 1.84. The van der Waals surface area contributed by atoms with Crippen LogP contribution in [0.1, 0.15) is 10.4 Å². The topological polar surface area (TPSA) is 71.8 Å². The molecule has 0 atom stereocenters. The summed E-state index contributed by atoms with van der Waals surface area (Å²) in [4.78, 5) is 17.7. The summed E-state index contributed by atoms with van der Waals surface area (Å²) in [7, 11) is 0. The van der Waals surface area contributed by atoms with Gasteiger partial charge in [0.25, 0.3) is 5.24 Å². The lowest BCUT2D eigenvalue weighted by Crippen LogP contribution is -1.98. The zero-order valence-electron chi connectivity index (χ0n) is 6.54. The lowest BCUT2D eigenvalue weighted by atomic mass is 10.1. The summed E-state index contributed by atoms with van der Waals surface area (Å²) < 4.78 is 0. The molecule has 5 heteroatoms. The molecule has 1 heterocycles. The molecule has 0 fully saturated rings. The van der Waals surface area contributed by atoms with E-state index in [0.29, 0.717) is 16.8 Å². The van der Waals surface area contributed by atoms with Crippen LogP contribution in [0.3, 0.4) is 0 Å². The molecule has 0 bridgehead atoms. The number of hydrogen-bond donors (Lipinski definition) is 2. The van der Waals surface area contributed by atoms with Crippen LogP contribution in [0.2, 0.25) is 0 Å². The summed E-state index contributed by atoms with van der Waals surface area (Å²) >= 11 is 5.32. The number of hydrogen-bond acceptors (Lipinski definition) is 3. The van der Waals surface area contributed by atoms with Gasteiger partial charge in [0.05, 0.1) is 23.1 Å². The Kier molecular flexibility index (Phi) is 1.70. The molecule has 1 aromatic carbocycles. The van der Waals surface area contributed by atoms with Gasteiger partial charge in [-0.2, -0.15) is 0 Å². The average Bonchev–Trinajstić information content (AvgIpc) is 2.52. The van der Waals surface area contributed by atoms with Crippen molar-refractivity contribution in [2.75, 3.05) is 5.73 Å². The molecule has 0 aliphatic rings. The molecule has 2 aromatic rings. The molecule has 0 spiro atoms. The molecular weight excluding hydrogens is 190 g/mol. The molecule has 0 aliphatic carbocycles. The van der Waals surface area contributed by atoms with E-state index in [1.807, 2.05) is 0 Å². The number of nitrogens with one attached hydrogen (secondary N) is 1. The molecule has 1 aromatic heterocycles. The first-order valence-electron chi connectivity index (χ1n) is 3.61. The molecule has 0 radical (unpaired) electrons. The van der Waals surface area contributed by atoms with Crippen LogP contribution in [-0.2, 0) is 0 Å². The van der Waals surface area contributed by atoms with Crippen LogP contribution < -0.4 is 5.73 Å². The van der Waals surface area contributed by atoms with E-state index in [9.17, 15) is 4.79 Å². The number of aromatic nitrogens is 2. The van der Waals surface area contributed by atoms with E-state index >= 15 is 0 Å². The number of fused-ring (bicyclic) bond motifs is 1. The van der Waals surface area contributed by atoms with Crippen LogP contribution >= 0.6 is 11.6 Å². The van der Waals surface area contributed by atoms with E-state index in [1.54, 1.807) is 12.1 Å². The highest BCUT2D eigenvalue weighted by Gasteiger charge is 2.10. The summed E-state index contributed by atoms with van der Waals surface area (Å²) in [6, 6.07) is 3.29. The van der Waals surface area contributed by atoms with Crippen LogP contribution in [0, 0.1) is 0 Å². The summed E-state index contributed by atoms with van der Waals surface area (Å²) in [6.45, 7) is 0. The molecule has 0 unspecified atom stereocenters. The van der Waals surface area contributed by atoms with Gasteiger partial charge in [-0.1, -0.05) is 0 Å². The Balaban J connectivity index is 2.80. The largest absolute Gasteiger partial charge is 0.396 e. The minimum Gasteiger partial charge on any atom is -0.396 e. The molecule has 0 amide bonds. The lowest BCUT2D eigenvalue weighted by molar-refractivity contribution is 0.108. The Hall–Kier alpha value is -1.55. The van der Waals surface area contributed by atoms with Gasteiger partial charge in [-0.25, -0.2) is 4.98 Å². The van der Waals surface area contributed by atoms with E-state index < -0.39 is 5.24 Å². The van der Waals surface area contributed by atoms with Crippen molar-refractivity contribution in [2.45, 2.75) is 0 Å². The number of imidazole rings is 1. The number of H-pyrrole nitrogens is 1. The van der Waals surface area contributed by atoms with Crippen LogP contribution in [0.15, 0.2) is 18.5 Å². The van der Waals surface area contributed by atoms with Gasteiger partial charge >= 0.3 is 0 Å². The Morgan fingerprint density at radius 1 is 1.54 bits per heavy atom. The smallest absolute Gasteiger partial charge is 0.254 e. The third-order valence-corrected chi connectivity index (χ3v) is 2.05. The Morgan fingerprint density at radius 2 is 2.31 bits per heavy atom. The molecule has 0 saturated carbocycles. The second-order valence-electron chi connectivity index (χ2n) is 2.60. The molecule has 3 N–H and O–H groups in total. The quantitative estimate of drug-likeness (QED) is 0.535. The number of carbonyl (C=O) groups excluding carboxylic acids is 1. The standard InChI is InChI=1S/C8H6ClN3O/c9-8(13)4-1-2-5-7(6(4)10)12-3-11-5/h1-3H,10H2,(H,11,12). The third kappa shape index (κ3) is 1.15. The number of nitrogens with two attached hydrogens (primary N) is 1. The van der Waals surface area contributed by atoms with Gasteiger partial charge in [0, 0.05) is 0 Å². The average molecular weight is 196 g/mol. The van der Waals surface area contributed by atoms with Crippen LogP contribution in [0.5, 0.6) is 0 Å². The maximum atomic E-state index is 10.9. The Morgan fingerprint density at radius 3 is 3.00 bits per heavy atom. The predicted molar refractivity (Wildman–Crippen MR) is 50.7 cm³/mol. The number of halogens is 1. The van der Waals surface area contributed by atoms with E-state index in [1.165, 1.54) is 6.33 Å². The number of benzene rings is 1. The second-order valence-corrected chi connectivity index (χ2v) is 2.94. The van der Waals surface area contributed by atoms with Crippen LogP contribution in [0.25, 0.3) is 11.0 Å². The minimum absolute atomic E-state index is 0.293. The highest BCUT2D eigenvalue weighted by Crippen LogP contribution is 2.22. The molecule has 13 heavy (non-hydrogen) atoms. The van der Waals surface area contributed by atoms with Crippen molar-refractivity contribution in [3.05, 3.63) is 24.0 Å². The van der Waals surface area contributed by atoms with Gasteiger partial charge in [-0.15, -0.1) is 0 Å². The fraction of sp³-hybridized carbons (Fsp3) is 0. The highest BCUT2D eigenvalue weighted by atomic mass is 35.5. The summed E-state index contributed by atoms with van der Waals surface area (Å²) in [5, 5.41) is -0.567. The summed E-state index contributed by atoms with van der Waals surface area (Å²) in [6.07, 6.45) is 1.52. The van der Waals surface area contributed by atoms with E-state index in [4.69, 9.17) is 17.3 Å². The number of anilines is 1. The highest BCUT2D eigenvalue weighted by molar-refractivity contribution is 6.68. The van der Waals surface area contributed by atoms with Gasteiger partial charge in [-0.3, -0.25) is 4.79 Å². The maximum absolute atomic E-state index is 10.9. The van der Waals surface area contributed by atoms with Crippen molar-refractivity contribution in [3.8, 4) is 0 Å². The number of nitrogen functional groups attached to an aromatic ring is 1. The SMILES string of the molecule is Nc1c(C(=O)Cl)ccc2[nH]cnc12. The molecule has 66 valence electrons. The first-order valence-corrected chi connectivity index (χ1v) is 3.99.